The van der Waals surface area contributed by atoms with Crippen LogP contribution in [0, 0.1) is 0 Å². The van der Waals surface area contributed by atoms with Crippen LogP contribution in [0.15, 0.2) is 63.6 Å². The molecule has 34 heavy (non-hydrogen) atoms. The van der Waals surface area contributed by atoms with E-state index in [0.717, 1.165) is 19.3 Å². The Morgan fingerprint density at radius 2 is 1.71 bits per heavy atom. The van der Waals surface area contributed by atoms with Gasteiger partial charge in [-0.25, -0.2) is 0 Å². The van der Waals surface area contributed by atoms with Gasteiger partial charge in [0.2, 0.25) is 0 Å². The number of fused-ring (bicyclic) bond motifs is 6. The van der Waals surface area contributed by atoms with Gasteiger partial charge in [0.15, 0.2) is 0 Å². The van der Waals surface area contributed by atoms with Gasteiger partial charge in [-0.2, -0.15) is 0 Å². The number of aromatic nitrogens is 2. The maximum atomic E-state index is 3.80. The van der Waals surface area contributed by atoms with E-state index in [4.69, 9.17) is 0 Å². The first kappa shape index (κ1) is 20.5. The number of benzene rings is 1. The number of hydrogen-bond donors (Lipinski definition) is 0. The minimum atomic E-state index is 0.128. The summed E-state index contributed by atoms with van der Waals surface area (Å²) in [5.41, 5.74) is 6.68. The zero-order valence-corrected chi connectivity index (χ0v) is 21.7. The summed E-state index contributed by atoms with van der Waals surface area (Å²) in [6.45, 7) is 0. The number of nitrogens with zero attached hydrogens (tertiary/aromatic N) is 2. The fraction of sp³-hybridized carbons (Fsp3) is 0.133. The normalized spacial score (nSPS) is 19.3. The Hall–Kier alpha value is -2.82. The molecule has 4 aliphatic rings. The minimum Gasteiger partial charge on any atom is -0.330 e. The summed E-state index contributed by atoms with van der Waals surface area (Å²) < 4.78 is 7.47. The molecule has 0 aliphatic heterocycles. The van der Waals surface area contributed by atoms with Crippen LogP contribution >= 0.6 is 31.9 Å². The third-order valence-electron chi connectivity index (χ3n) is 7.18. The van der Waals surface area contributed by atoms with Crippen molar-refractivity contribution in [2.75, 3.05) is 0 Å². The Morgan fingerprint density at radius 3 is 2.59 bits per heavy atom. The van der Waals surface area contributed by atoms with Crippen LogP contribution in [-0.4, -0.2) is 9.13 Å². The molecule has 0 saturated heterocycles. The topological polar surface area (TPSA) is 9.86 Å². The van der Waals surface area contributed by atoms with Gasteiger partial charge in [0.05, 0.1) is 16.7 Å². The molecule has 0 bridgehead atoms. The molecule has 4 heteroatoms. The van der Waals surface area contributed by atoms with Crippen molar-refractivity contribution in [3.8, 4) is 5.69 Å². The second-order valence-corrected chi connectivity index (χ2v) is 11.1. The standard InChI is InChI=1S/C30H22Br2N2/c31-19-13-15-26-23(17-19)22-9-4-5-10-25(22)34(26)29-12-6-11-28-30(29)24-18-20(32)14-16-27(24)33(28)21-7-2-1-3-8-21/h1-4,6-13,15-16,18,29H,5,14,17H2. The van der Waals surface area contributed by atoms with E-state index >= 15 is 0 Å². The molecule has 166 valence electrons. The SMILES string of the molecule is BrC1=Cc2c3c(n(-c4ccccc4)c2=CC1)=CC=CC3n1c2c(c3c1=CC=C(Br)C3)C=CCC=2. The highest BCUT2D eigenvalue weighted by Crippen LogP contribution is 2.29. The molecule has 4 aliphatic carbocycles. The number of hydrogen-bond acceptors (Lipinski definition) is 0. The Labute approximate surface area is 214 Å². The second-order valence-electron chi connectivity index (χ2n) is 9.10. The van der Waals surface area contributed by atoms with Crippen molar-refractivity contribution in [2.24, 2.45) is 0 Å². The largest absolute Gasteiger partial charge is 0.330 e. The third-order valence-corrected chi connectivity index (χ3v) is 8.28. The monoisotopic (exact) mass is 568 g/mol. The zero-order chi connectivity index (χ0) is 22.8. The highest BCUT2D eigenvalue weighted by atomic mass is 79.9. The molecule has 0 saturated carbocycles. The maximum Gasteiger partial charge on any atom is 0.0805 e. The quantitative estimate of drug-likeness (QED) is 0.413. The number of para-hydroxylation sites is 1. The molecule has 7 rings (SSSR count). The first-order valence-corrected chi connectivity index (χ1v) is 13.3. The summed E-state index contributed by atoms with van der Waals surface area (Å²) in [7, 11) is 0. The molecule has 0 radical (unpaired) electrons. The van der Waals surface area contributed by atoms with Gasteiger partial charge in [0, 0.05) is 39.5 Å². The summed E-state index contributed by atoms with van der Waals surface area (Å²) in [5, 5.41) is 5.22. The van der Waals surface area contributed by atoms with E-state index in [-0.39, 0.29) is 6.04 Å². The highest BCUT2D eigenvalue weighted by Gasteiger charge is 2.28. The molecular formula is C30H22Br2N2. The van der Waals surface area contributed by atoms with Crippen molar-refractivity contribution in [1.29, 1.82) is 0 Å². The summed E-state index contributed by atoms with van der Waals surface area (Å²) in [4.78, 5) is 0. The highest BCUT2D eigenvalue weighted by molar-refractivity contribution is 9.12. The van der Waals surface area contributed by atoms with E-state index in [1.807, 2.05) is 0 Å². The molecule has 2 heterocycles. The van der Waals surface area contributed by atoms with Gasteiger partial charge in [-0.3, -0.25) is 0 Å². The van der Waals surface area contributed by atoms with Gasteiger partial charge in [0.1, 0.15) is 0 Å². The van der Waals surface area contributed by atoms with E-state index in [9.17, 15) is 0 Å². The van der Waals surface area contributed by atoms with Crippen LogP contribution in [-0.2, 0) is 6.42 Å². The molecule has 0 fully saturated rings. The number of halogens is 2. The van der Waals surface area contributed by atoms with E-state index in [0.29, 0.717) is 0 Å². The third kappa shape index (κ3) is 2.98. The van der Waals surface area contributed by atoms with Crippen molar-refractivity contribution < 1.29 is 0 Å². The molecule has 1 unspecified atom stereocenters. The average Bonchev–Trinajstić information content (AvgIpc) is 3.37. The Bertz CT molecular complexity index is 1740. The van der Waals surface area contributed by atoms with Gasteiger partial charge in [0.25, 0.3) is 0 Å². The lowest BCUT2D eigenvalue weighted by Gasteiger charge is -2.21. The van der Waals surface area contributed by atoms with Crippen LogP contribution in [0.25, 0.3) is 42.1 Å². The fourth-order valence-corrected chi connectivity index (χ4v) is 6.63. The van der Waals surface area contributed by atoms with Gasteiger partial charge in [-0.05, 0) is 63.8 Å². The molecule has 2 aromatic heterocycles. The summed E-state index contributed by atoms with van der Waals surface area (Å²) >= 11 is 7.55. The minimum absolute atomic E-state index is 0.128. The van der Waals surface area contributed by atoms with Crippen LogP contribution in [0.2, 0.25) is 0 Å². The van der Waals surface area contributed by atoms with Crippen molar-refractivity contribution in [3.05, 3.63) is 107 Å². The summed E-state index contributed by atoms with van der Waals surface area (Å²) in [5.74, 6) is 0. The summed E-state index contributed by atoms with van der Waals surface area (Å²) in [6, 6.07) is 10.9. The van der Waals surface area contributed by atoms with Crippen LogP contribution in [0.1, 0.15) is 41.1 Å². The lowest BCUT2D eigenvalue weighted by Crippen LogP contribution is -2.36. The molecule has 0 spiro atoms. The molecule has 3 aromatic rings. The summed E-state index contributed by atoms with van der Waals surface area (Å²) in [6.07, 6.45) is 25.9. The van der Waals surface area contributed by atoms with Crippen LogP contribution < -0.4 is 21.4 Å². The Morgan fingerprint density at radius 1 is 0.824 bits per heavy atom. The van der Waals surface area contributed by atoms with Crippen molar-refractivity contribution in [1.82, 2.24) is 9.13 Å². The van der Waals surface area contributed by atoms with E-state index in [2.05, 4.69) is 132 Å². The van der Waals surface area contributed by atoms with Gasteiger partial charge >= 0.3 is 0 Å². The molecule has 1 atom stereocenters. The maximum absolute atomic E-state index is 3.80. The van der Waals surface area contributed by atoms with Crippen LogP contribution in [0.3, 0.4) is 0 Å². The predicted octanol–water partition coefficient (Wildman–Crippen LogP) is 4.95. The first-order valence-electron chi connectivity index (χ1n) is 11.7. The molecule has 1 aromatic carbocycles. The van der Waals surface area contributed by atoms with E-state index in [1.165, 1.54) is 58.3 Å². The number of rotatable bonds is 2. The number of allylic oxidation sites excluding steroid dienone is 6. The molecule has 0 amide bonds. The molecule has 0 N–H and O–H groups in total. The van der Waals surface area contributed by atoms with Crippen LogP contribution in [0.5, 0.6) is 0 Å². The lowest BCUT2D eigenvalue weighted by atomic mass is 9.97. The fourth-order valence-electron chi connectivity index (χ4n) is 5.82. The van der Waals surface area contributed by atoms with Gasteiger partial charge < -0.3 is 9.13 Å². The average molecular weight is 570 g/mol. The van der Waals surface area contributed by atoms with Crippen molar-refractivity contribution >= 4 is 68.3 Å². The van der Waals surface area contributed by atoms with Gasteiger partial charge in [-0.1, -0.05) is 86.5 Å². The van der Waals surface area contributed by atoms with E-state index < -0.39 is 0 Å². The van der Waals surface area contributed by atoms with Crippen LogP contribution in [0.4, 0.5) is 0 Å². The van der Waals surface area contributed by atoms with Crippen molar-refractivity contribution in [2.45, 2.75) is 25.3 Å². The Kier molecular flexibility index (Phi) is 4.75. The lowest BCUT2D eigenvalue weighted by molar-refractivity contribution is 0.655. The predicted molar refractivity (Wildman–Crippen MR) is 150 cm³/mol. The van der Waals surface area contributed by atoms with E-state index in [1.54, 1.807) is 0 Å². The second kappa shape index (κ2) is 7.86. The molecular weight excluding hydrogens is 548 g/mol. The zero-order valence-electron chi connectivity index (χ0n) is 18.5. The molecule has 2 nitrogen and oxygen atoms in total. The Balaban J connectivity index is 1.58. The van der Waals surface area contributed by atoms with Gasteiger partial charge in [-0.15, -0.1) is 0 Å². The smallest absolute Gasteiger partial charge is 0.0805 e. The first-order chi connectivity index (χ1) is 16.7. The van der Waals surface area contributed by atoms with Crippen molar-refractivity contribution in [3.63, 3.8) is 0 Å².